The summed E-state index contributed by atoms with van der Waals surface area (Å²) in [6.45, 7) is 3.19. The molecule has 0 amide bonds. The summed E-state index contributed by atoms with van der Waals surface area (Å²) in [6.07, 6.45) is 7.70. The molecule has 0 saturated carbocycles. The van der Waals surface area contributed by atoms with Crippen LogP contribution in [0.1, 0.15) is 38.0 Å². The first-order valence-electron chi connectivity index (χ1n) is 6.64. The number of hydrogen-bond donors (Lipinski definition) is 1. The molecule has 1 fully saturated rings. The summed E-state index contributed by atoms with van der Waals surface area (Å²) >= 11 is 1.73. The van der Waals surface area contributed by atoms with Crippen LogP contribution in [0.2, 0.25) is 0 Å². The van der Waals surface area contributed by atoms with Crippen LogP contribution in [0.15, 0.2) is 24.4 Å². The van der Waals surface area contributed by atoms with E-state index in [9.17, 15) is 0 Å². The van der Waals surface area contributed by atoms with Crippen LogP contribution in [-0.4, -0.2) is 29.3 Å². The first kappa shape index (κ1) is 13.8. The van der Waals surface area contributed by atoms with Crippen LogP contribution in [0.4, 0.5) is 0 Å². The normalized spacial score (nSPS) is 23.6. The molecule has 100 valence electrons. The third kappa shape index (κ3) is 3.70. The standard InChI is InChI=1S/C14H22N2OS/c1-11(18-2)17-14(12-7-3-5-9-15-12)13-8-4-6-10-16-13/h3,5,7,9,11,13-14,16H,4,6,8,10H2,1-2H3. The molecule has 3 unspecified atom stereocenters. The van der Waals surface area contributed by atoms with E-state index < -0.39 is 0 Å². The van der Waals surface area contributed by atoms with Gasteiger partial charge >= 0.3 is 0 Å². The molecule has 0 radical (unpaired) electrons. The summed E-state index contributed by atoms with van der Waals surface area (Å²) in [7, 11) is 0. The van der Waals surface area contributed by atoms with E-state index in [2.05, 4.69) is 29.5 Å². The Balaban J connectivity index is 2.11. The SMILES string of the molecule is CSC(C)OC(c1ccccn1)C1CCCCN1. The van der Waals surface area contributed by atoms with Gasteiger partial charge in [-0.25, -0.2) is 0 Å². The van der Waals surface area contributed by atoms with Crippen LogP contribution in [0.5, 0.6) is 0 Å². The maximum absolute atomic E-state index is 6.16. The number of piperidine rings is 1. The van der Waals surface area contributed by atoms with Gasteiger partial charge in [-0.05, 0) is 44.7 Å². The molecule has 1 aromatic heterocycles. The summed E-state index contributed by atoms with van der Waals surface area (Å²) in [4.78, 5) is 4.47. The highest BCUT2D eigenvalue weighted by atomic mass is 32.2. The van der Waals surface area contributed by atoms with E-state index in [1.54, 1.807) is 11.8 Å². The molecule has 3 atom stereocenters. The number of nitrogens with zero attached hydrogens (tertiary/aromatic N) is 1. The minimum atomic E-state index is 0.0638. The van der Waals surface area contributed by atoms with Crippen molar-refractivity contribution in [1.82, 2.24) is 10.3 Å². The van der Waals surface area contributed by atoms with Gasteiger partial charge in [-0.1, -0.05) is 12.5 Å². The van der Waals surface area contributed by atoms with Crippen molar-refractivity contribution in [3.63, 3.8) is 0 Å². The van der Waals surface area contributed by atoms with E-state index >= 15 is 0 Å². The summed E-state index contributed by atoms with van der Waals surface area (Å²) in [5.41, 5.74) is 1.23. The van der Waals surface area contributed by atoms with Crippen molar-refractivity contribution in [3.8, 4) is 0 Å². The number of nitrogens with one attached hydrogen (secondary N) is 1. The van der Waals surface area contributed by atoms with Gasteiger partial charge in [-0.2, -0.15) is 0 Å². The summed E-state index contributed by atoms with van der Waals surface area (Å²) in [5, 5.41) is 3.57. The molecule has 18 heavy (non-hydrogen) atoms. The Morgan fingerprint density at radius 3 is 2.94 bits per heavy atom. The van der Waals surface area contributed by atoms with Crippen LogP contribution < -0.4 is 5.32 Å². The van der Waals surface area contributed by atoms with Crippen molar-refractivity contribution >= 4 is 11.8 Å². The highest BCUT2D eigenvalue weighted by Crippen LogP contribution is 2.28. The molecule has 4 heteroatoms. The Morgan fingerprint density at radius 1 is 1.44 bits per heavy atom. The zero-order valence-corrected chi connectivity index (χ0v) is 12.0. The highest BCUT2D eigenvalue weighted by molar-refractivity contribution is 7.99. The minimum absolute atomic E-state index is 0.0638. The van der Waals surface area contributed by atoms with Crippen molar-refractivity contribution in [2.24, 2.45) is 0 Å². The molecule has 3 nitrogen and oxygen atoms in total. The lowest BCUT2D eigenvalue weighted by Crippen LogP contribution is -2.40. The molecule has 1 aliphatic rings. The van der Waals surface area contributed by atoms with E-state index in [0.29, 0.717) is 6.04 Å². The van der Waals surface area contributed by atoms with Crippen molar-refractivity contribution in [1.29, 1.82) is 0 Å². The van der Waals surface area contributed by atoms with Crippen molar-refractivity contribution in [2.45, 2.75) is 43.8 Å². The molecule has 0 aromatic carbocycles. The third-order valence-electron chi connectivity index (χ3n) is 3.36. The monoisotopic (exact) mass is 266 g/mol. The molecule has 0 aliphatic carbocycles. The quantitative estimate of drug-likeness (QED) is 0.831. The van der Waals surface area contributed by atoms with Gasteiger partial charge in [0, 0.05) is 12.2 Å². The summed E-state index contributed by atoms with van der Waals surface area (Å²) < 4.78 is 6.16. The van der Waals surface area contributed by atoms with Crippen LogP contribution in [0.25, 0.3) is 0 Å². The summed E-state index contributed by atoms with van der Waals surface area (Å²) in [5.74, 6) is 0. The van der Waals surface area contributed by atoms with Gasteiger partial charge in [0.25, 0.3) is 0 Å². The summed E-state index contributed by atoms with van der Waals surface area (Å²) in [6, 6.07) is 6.44. The number of ether oxygens (including phenoxy) is 1. The van der Waals surface area contributed by atoms with Gasteiger partial charge in [0.05, 0.1) is 5.69 Å². The Bertz CT molecular complexity index is 341. The van der Waals surface area contributed by atoms with Gasteiger partial charge in [-0.3, -0.25) is 4.98 Å². The number of hydrogen-bond acceptors (Lipinski definition) is 4. The predicted octanol–water partition coefficient (Wildman–Crippen LogP) is 2.99. The van der Waals surface area contributed by atoms with Gasteiger partial charge in [0.1, 0.15) is 11.5 Å². The molecule has 1 aromatic rings. The predicted molar refractivity (Wildman–Crippen MR) is 76.7 cm³/mol. The molecular weight excluding hydrogens is 244 g/mol. The molecule has 1 aliphatic heterocycles. The average Bonchev–Trinajstić information content (AvgIpc) is 2.46. The van der Waals surface area contributed by atoms with Crippen LogP contribution in [0, 0.1) is 0 Å². The van der Waals surface area contributed by atoms with E-state index in [1.807, 2.05) is 18.3 Å². The fourth-order valence-electron chi connectivity index (χ4n) is 2.31. The lowest BCUT2D eigenvalue weighted by atomic mass is 9.97. The zero-order valence-electron chi connectivity index (χ0n) is 11.1. The van der Waals surface area contributed by atoms with Crippen molar-refractivity contribution < 1.29 is 4.74 Å². The smallest absolute Gasteiger partial charge is 0.116 e. The second-order valence-corrected chi connectivity index (χ2v) is 5.81. The number of aromatic nitrogens is 1. The molecule has 2 heterocycles. The van der Waals surface area contributed by atoms with E-state index in [4.69, 9.17) is 4.74 Å². The largest absolute Gasteiger partial charge is 0.357 e. The first-order chi connectivity index (χ1) is 8.81. The van der Waals surface area contributed by atoms with Crippen LogP contribution >= 0.6 is 11.8 Å². The maximum Gasteiger partial charge on any atom is 0.116 e. The fourth-order valence-corrected chi connectivity index (χ4v) is 2.54. The topological polar surface area (TPSA) is 34.1 Å². The number of pyridine rings is 1. The molecule has 0 spiro atoms. The van der Waals surface area contributed by atoms with Crippen molar-refractivity contribution in [2.75, 3.05) is 12.8 Å². The van der Waals surface area contributed by atoms with E-state index in [-0.39, 0.29) is 11.5 Å². The van der Waals surface area contributed by atoms with Crippen molar-refractivity contribution in [3.05, 3.63) is 30.1 Å². The van der Waals surface area contributed by atoms with E-state index in [1.165, 1.54) is 19.3 Å². The lowest BCUT2D eigenvalue weighted by molar-refractivity contribution is 0.00724. The Labute approximate surface area is 114 Å². The van der Waals surface area contributed by atoms with Crippen LogP contribution in [0.3, 0.4) is 0 Å². The Kier molecular flexibility index (Phi) is 5.47. The molecule has 2 rings (SSSR count). The molecule has 1 N–H and O–H groups in total. The number of thioether (sulfide) groups is 1. The van der Waals surface area contributed by atoms with Gasteiger partial charge in [0.15, 0.2) is 0 Å². The fraction of sp³-hybridized carbons (Fsp3) is 0.643. The molecule has 0 bridgehead atoms. The average molecular weight is 266 g/mol. The molecular formula is C14H22N2OS. The second kappa shape index (κ2) is 7.12. The molecule has 1 saturated heterocycles. The van der Waals surface area contributed by atoms with Gasteiger partial charge in [0.2, 0.25) is 0 Å². The Morgan fingerprint density at radius 2 is 2.33 bits per heavy atom. The first-order valence-corrected chi connectivity index (χ1v) is 7.92. The third-order valence-corrected chi connectivity index (χ3v) is 4.14. The second-order valence-electron chi connectivity index (χ2n) is 4.67. The minimum Gasteiger partial charge on any atom is -0.357 e. The maximum atomic E-state index is 6.16. The highest BCUT2D eigenvalue weighted by Gasteiger charge is 2.27. The zero-order chi connectivity index (χ0) is 12.8. The van der Waals surface area contributed by atoms with Gasteiger partial charge < -0.3 is 10.1 Å². The lowest BCUT2D eigenvalue weighted by Gasteiger charge is -2.32. The van der Waals surface area contributed by atoms with Crippen LogP contribution in [-0.2, 0) is 4.74 Å². The number of rotatable bonds is 5. The van der Waals surface area contributed by atoms with Gasteiger partial charge in [-0.15, -0.1) is 11.8 Å². The Hall–Kier alpha value is -0.580. The van der Waals surface area contributed by atoms with E-state index in [0.717, 1.165) is 12.2 Å².